The summed E-state index contributed by atoms with van der Waals surface area (Å²) in [6, 6.07) is 17.2. The highest BCUT2D eigenvalue weighted by molar-refractivity contribution is 8.00. The van der Waals surface area contributed by atoms with Gasteiger partial charge in [0.05, 0.1) is 22.6 Å². The zero-order chi connectivity index (χ0) is 19.8. The van der Waals surface area contributed by atoms with Gasteiger partial charge in [0.1, 0.15) is 5.03 Å². The number of thiophene rings is 1. The van der Waals surface area contributed by atoms with Crippen LogP contribution in [0.2, 0.25) is 0 Å². The third kappa shape index (κ3) is 3.54. The standard InChI is InChI=1S/C22H15N3O2S2/c26-18(13-7-8-16-14(10-13)11-20(27)23-16)12-29-22-15-4-1-2-5-17(15)24-21(25-22)19-6-3-9-28-19/h1-10H,11-12H2,(H,23,27). The Morgan fingerprint density at radius 1 is 1.10 bits per heavy atom. The number of para-hydroxylation sites is 1. The molecule has 1 aliphatic heterocycles. The van der Waals surface area contributed by atoms with E-state index in [1.807, 2.05) is 47.8 Å². The Morgan fingerprint density at radius 2 is 2.00 bits per heavy atom. The van der Waals surface area contributed by atoms with Crippen LogP contribution in [-0.4, -0.2) is 27.4 Å². The van der Waals surface area contributed by atoms with E-state index in [-0.39, 0.29) is 17.4 Å². The minimum absolute atomic E-state index is 0.0116. The molecule has 4 aromatic rings. The van der Waals surface area contributed by atoms with Crippen LogP contribution in [-0.2, 0) is 11.2 Å². The average molecular weight is 418 g/mol. The maximum absolute atomic E-state index is 12.8. The lowest BCUT2D eigenvalue weighted by Crippen LogP contribution is -2.04. The van der Waals surface area contributed by atoms with Crippen molar-refractivity contribution in [2.24, 2.45) is 0 Å². The molecule has 2 aromatic heterocycles. The maximum Gasteiger partial charge on any atom is 0.228 e. The normalized spacial score (nSPS) is 12.8. The van der Waals surface area contributed by atoms with E-state index in [1.54, 1.807) is 23.5 Å². The molecule has 0 spiro atoms. The topological polar surface area (TPSA) is 72.0 Å². The molecule has 0 atom stereocenters. The van der Waals surface area contributed by atoms with Crippen molar-refractivity contribution in [3.63, 3.8) is 0 Å². The molecule has 5 nitrogen and oxygen atoms in total. The lowest BCUT2D eigenvalue weighted by Gasteiger charge is -2.08. The summed E-state index contributed by atoms with van der Waals surface area (Å²) in [6.45, 7) is 0. The fourth-order valence-corrected chi connectivity index (χ4v) is 4.86. The molecular formula is C22H15N3O2S2. The first-order valence-corrected chi connectivity index (χ1v) is 10.9. The van der Waals surface area contributed by atoms with Gasteiger partial charge in [0, 0.05) is 16.6 Å². The second kappa shape index (κ2) is 7.42. The van der Waals surface area contributed by atoms with E-state index in [9.17, 15) is 9.59 Å². The number of fused-ring (bicyclic) bond motifs is 2. The third-order valence-electron chi connectivity index (χ3n) is 4.70. The van der Waals surface area contributed by atoms with Gasteiger partial charge in [-0.15, -0.1) is 11.3 Å². The number of anilines is 1. The summed E-state index contributed by atoms with van der Waals surface area (Å²) in [5.74, 6) is 0.922. The average Bonchev–Trinajstić information content (AvgIpc) is 3.39. The van der Waals surface area contributed by atoms with Crippen molar-refractivity contribution in [3.8, 4) is 10.7 Å². The molecule has 7 heteroatoms. The molecule has 0 fully saturated rings. The summed E-state index contributed by atoms with van der Waals surface area (Å²) in [7, 11) is 0. The van der Waals surface area contributed by atoms with Gasteiger partial charge in [0.25, 0.3) is 0 Å². The highest BCUT2D eigenvalue weighted by Gasteiger charge is 2.19. The van der Waals surface area contributed by atoms with Crippen LogP contribution >= 0.6 is 23.1 Å². The second-order valence-electron chi connectivity index (χ2n) is 6.66. The fraction of sp³-hybridized carbons (Fsp3) is 0.0909. The Balaban J connectivity index is 1.42. The Kier molecular flexibility index (Phi) is 4.61. The highest BCUT2D eigenvalue weighted by atomic mass is 32.2. The van der Waals surface area contributed by atoms with Crippen molar-refractivity contribution in [1.29, 1.82) is 0 Å². The molecule has 1 N–H and O–H groups in total. The number of rotatable bonds is 5. The van der Waals surface area contributed by atoms with Crippen molar-refractivity contribution in [2.45, 2.75) is 11.4 Å². The van der Waals surface area contributed by atoms with Gasteiger partial charge in [-0.2, -0.15) is 0 Å². The van der Waals surface area contributed by atoms with Gasteiger partial charge >= 0.3 is 0 Å². The van der Waals surface area contributed by atoms with E-state index in [0.717, 1.165) is 32.1 Å². The largest absolute Gasteiger partial charge is 0.326 e. The van der Waals surface area contributed by atoms with Crippen LogP contribution in [0.4, 0.5) is 5.69 Å². The number of ketones is 1. The number of hydrogen-bond acceptors (Lipinski definition) is 6. The number of Topliss-reactive ketones (excluding diaryl/α,β-unsaturated/α-hetero) is 1. The maximum atomic E-state index is 12.8. The van der Waals surface area contributed by atoms with Crippen molar-refractivity contribution in [3.05, 3.63) is 71.1 Å². The number of thioether (sulfide) groups is 1. The fourth-order valence-electron chi connectivity index (χ4n) is 3.29. The minimum atomic E-state index is -0.0347. The molecular weight excluding hydrogens is 402 g/mol. The first-order chi connectivity index (χ1) is 14.2. The van der Waals surface area contributed by atoms with Crippen LogP contribution in [0.1, 0.15) is 15.9 Å². The third-order valence-corrected chi connectivity index (χ3v) is 6.56. The van der Waals surface area contributed by atoms with Crippen molar-refractivity contribution < 1.29 is 9.59 Å². The predicted molar refractivity (Wildman–Crippen MR) is 117 cm³/mol. The van der Waals surface area contributed by atoms with E-state index >= 15 is 0 Å². The van der Waals surface area contributed by atoms with Crippen molar-refractivity contribution >= 4 is 51.4 Å². The molecule has 29 heavy (non-hydrogen) atoms. The monoisotopic (exact) mass is 417 g/mol. The van der Waals surface area contributed by atoms with E-state index in [0.29, 0.717) is 17.8 Å². The van der Waals surface area contributed by atoms with Gasteiger partial charge in [-0.25, -0.2) is 9.97 Å². The SMILES string of the molecule is O=C1Cc2cc(C(=O)CSc3nc(-c4cccs4)nc4ccccc34)ccc2N1. The van der Waals surface area contributed by atoms with Crippen LogP contribution in [0.5, 0.6) is 0 Å². The molecule has 0 saturated carbocycles. The van der Waals surface area contributed by atoms with E-state index < -0.39 is 0 Å². The molecule has 0 unspecified atom stereocenters. The molecule has 0 saturated heterocycles. The Bertz CT molecular complexity index is 1250. The van der Waals surface area contributed by atoms with Crippen LogP contribution in [0.15, 0.2) is 65.0 Å². The number of carbonyl (C=O) groups excluding carboxylic acids is 2. The van der Waals surface area contributed by atoms with Crippen molar-refractivity contribution in [2.75, 3.05) is 11.1 Å². The zero-order valence-corrected chi connectivity index (χ0v) is 16.8. The molecule has 5 rings (SSSR count). The van der Waals surface area contributed by atoms with Gasteiger partial charge in [0.2, 0.25) is 5.91 Å². The summed E-state index contributed by atoms with van der Waals surface area (Å²) in [6.07, 6.45) is 0.324. The summed E-state index contributed by atoms with van der Waals surface area (Å²) in [4.78, 5) is 34.7. The predicted octanol–water partition coefficient (Wildman–Crippen LogP) is 4.83. The van der Waals surface area contributed by atoms with Gasteiger partial charge in [-0.05, 0) is 41.3 Å². The smallest absolute Gasteiger partial charge is 0.228 e. The first-order valence-electron chi connectivity index (χ1n) is 9.07. The van der Waals surface area contributed by atoms with Gasteiger partial charge in [-0.3, -0.25) is 9.59 Å². The number of aromatic nitrogens is 2. The van der Waals surface area contributed by atoms with E-state index in [1.165, 1.54) is 11.8 Å². The number of nitrogens with zero attached hydrogens (tertiary/aromatic N) is 2. The summed E-state index contributed by atoms with van der Waals surface area (Å²) in [5.41, 5.74) is 3.15. The lowest BCUT2D eigenvalue weighted by molar-refractivity contribution is -0.115. The number of hydrogen-bond donors (Lipinski definition) is 1. The second-order valence-corrected chi connectivity index (χ2v) is 8.57. The molecule has 0 aliphatic carbocycles. The molecule has 2 aromatic carbocycles. The molecule has 3 heterocycles. The number of benzene rings is 2. The quantitative estimate of drug-likeness (QED) is 0.286. The van der Waals surface area contributed by atoms with E-state index in [2.05, 4.69) is 10.3 Å². The van der Waals surface area contributed by atoms with Crippen molar-refractivity contribution in [1.82, 2.24) is 9.97 Å². The molecule has 142 valence electrons. The minimum Gasteiger partial charge on any atom is -0.326 e. The zero-order valence-electron chi connectivity index (χ0n) is 15.2. The van der Waals surface area contributed by atoms with Crippen LogP contribution in [0.3, 0.4) is 0 Å². The number of amides is 1. The van der Waals surface area contributed by atoms with E-state index in [4.69, 9.17) is 4.98 Å². The van der Waals surface area contributed by atoms with Crippen LogP contribution in [0, 0.1) is 0 Å². The van der Waals surface area contributed by atoms with Crippen LogP contribution in [0.25, 0.3) is 21.6 Å². The highest BCUT2D eigenvalue weighted by Crippen LogP contribution is 2.31. The summed E-state index contributed by atoms with van der Waals surface area (Å²) >= 11 is 3.01. The Morgan fingerprint density at radius 3 is 2.86 bits per heavy atom. The number of nitrogens with one attached hydrogen (secondary N) is 1. The first kappa shape index (κ1) is 18.0. The molecule has 1 aliphatic rings. The Hall–Kier alpha value is -3.03. The summed E-state index contributed by atoms with van der Waals surface area (Å²) < 4.78 is 0. The van der Waals surface area contributed by atoms with Gasteiger partial charge < -0.3 is 5.32 Å². The molecule has 0 bridgehead atoms. The summed E-state index contributed by atoms with van der Waals surface area (Å²) in [5, 5.41) is 6.52. The van der Waals surface area contributed by atoms with Crippen LogP contribution < -0.4 is 5.32 Å². The number of carbonyl (C=O) groups is 2. The Labute approximate surface area is 175 Å². The van der Waals surface area contributed by atoms with Gasteiger partial charge in [-0.1, -0.05) is 36.0 Å². The molecule has 0 radical (unpaired) electrons. The molecule has 1 amide bonds. The lowest BCUT2D eigenvalue weighted by atomic mass is 10.1. The van der Waals surface area contributed by atoms with Gasteiger partial charge in [0.15, 0.2) is 11.6 Å².